The Bertz CT molecular complexity index is 609. The van der Waals surface area contributed by atoms with E-state index >= 15 is 0 Å². The summed E-state index contributed by atoms with van der Waals surface area (Å²) >= 11 is 9.16. The predicted molar refractivity (Wildman–Crippen MR) is 85.0 cm³/mol. The number of anilines is 1. The van der Waals surface area contributed by atoms with E-state index in [4.69, 9.17) is 11.6 Å². The van der Waals surface area contributed by atoms with Crippen molar-refractivity contribution in [2.45, 2.75) is 19.3 Å². The number of rotatable bonds is 3. The zero-order chi connectivity index (χ0) is 14.8. The quantitative estimate of drug-likeness (QED) is 0.888. The van der Waals surface area contributed by atoms with Gasteiger partial charge in [0.1, 0.15) is 5.82 Å². The standard InChI is InChI=1S/C15H14BrClN2O/c1-15(2,10-3-5-11(16)6-4-10)14(20)19-13-8-7-12(17)9-18-13/h3-9H,1-2H3,(H,18,19,20). The number of amides is 1. The molecule has 0 aliphatic heterocycles. The first kappa shape index (κ1) is 15.0. The van der Waals surface area contributed by atoms with Crippen molar-refractivity contribution in [3.63, 3.8) is 0 Å². The molecule has 3 nitrogen and oxygen atoms in total. The Balaban J connectivity index is 2.18. The minimum atomic E-state index is -0.651. The van der Waals surface area contributed by atoms with Gasteiger partial charge in [0, 0.05) is 10.7 Å². The molecule has 104 valence electrons. The van der Waals surface area contributed by atoms with Gasteiger partial charge >= 0.3 is 0 Å². The van der Waals surface area contributed by atoms with E-state index in [1.54, 1.807) is 12.1 Å². The van der Waals surface area contributed by atoms with E-state index in [0.717, 1.165) is 10.0 Å². The van der Waals surface area contributed by atoms with Crippen LogP contribution in [0.25, 0.3) is 0 Å². The molecule has 0 aliphatic carbocycles. The lowest BCUT2D eigenvalue weighted by Gasteiger charge is -2.24. The van der Waals surface area contributed by atoms with Crippen LogP contribution in [-0.4, -0.2) is 10.9 Å². The second kappa shape index (κ2) is 5.94. The minimum Gasteiger partial charge on any atom is -0.310 e. The molecule has 1 aromatic carbocycles. The monoisotopic (exact) mass is 352 g/mol. The maximum atomic E-state index is 12.4. The fourth-order valence-corrected chi connectivity index (χ4v) is 2.10. The molecule has 0 fully saturated rings. The van der Waals surface area contributed by atoms with E-state index in [1.807, 2.05) is 38.1 Å². The lowest BCUT2D eigenvalue weighted by molar-refractivity contribution is -0.120. The van der Waals surface area contributed by atoms with E-state index in [1.165, 1.54) is 6.20 Å². The largest absolute Gasteiger partial charge is 0.310 e. The van der Waals surface area contributed by atoms with E-state index in [0.29, 0.717) is 10.8 Å². The van der Waals surface area contributed by atoms with Crippen LogP contribution in [0, 0.1) is 0 Å². The highest BCUT2D eigenvalue weighted by atomic mass is 79.9. The van der Waals surface area contributed by atoms with E-state index < -0.39 is 5.41 Å². The normalized spacial score (nSPS) is 11.2. The Kier molecular flexibility index (Phi) is 4.45. The lowest BCUT2D eigenvalue weighted by atomic mass is 9.84. The molecule has 1 aromatic heterocycles. The summed E-state index contributed by atoms with van der Waals surface area (Å²) in [5, 5.41) is 3.34. The number of carbonyl (C=O) groups excluding carboxylic acids is 1. The summed E-state index contributed by atoms with van der Waals surface area (Å²) < 4.78 is 0.983. The van der Waals surface area contributed by atoms with Gasteiger partial charge in [-0.2, -0.15) is 0 Å². The third-order valence-corrected chi connectivity index (χ3v) is 3.85. The van der Waals surface area contributed by atoms with Gasteiger partial charge in [-0.25, -0.2) is 4.98 Å². The summed E-state index contributed by atoms with van der Waals surface area (Å²) in [7, 11) is 0. The molecule has 5 heteroatoms. The van der Waals surface area contributed by atoms with Crippen molar-refractivity contribution in [1.29, 1.82) is 0 Å². The molecule has 2 aromatic rings. The summed E-state index contributed by atoms with van der Waals surface area (Å²) in [5.74, 6) is 0.374. The number of pyridine rings is 1. The van der Waals surface area contributed by atoms with Crippen molar-refractivity contribution < 1.29 is 4.79 Å². The molecule has 0 spiro atoms. The average Bonchev–Trinajstić information content (AvgIpc) is 2.42. The molecule has 1 heterocycles. The van der Waals surface area contributed by atoms with Gasteiger partial charge in [0.25, 0.3) is 0 Å². The van der Waals surface area contributed by atoms with Crippen LogP contribution in [0.15, 0.2) is 47.1 Å². The number of aromatic nitrogens is 1. The van der Waals surface area contributed by atoms with Gasteiger partial charge in [-0.1, -0.05) is 39.7 Å². The van der Waals surface area contributed by atoms with E-state index in [-0.39, 0.29) is 5.91 Å². The number of benzene rings is 1. The van der Waals surface area contributed by atoms with Crippen LogP contribution in [0.5, 0.6) is 0 Å². The Morgan fingerprint density at radius 3 is 2.40 bits per heavy atom. The molecule has 0 saturated heterocycles. The van der Waals surface area contributed by atoms with Crippen molar-refractivity contribution in [2.75, 3.05) is 5.32 Å². The molecule has 0 saturated carbocycles. The van der Waals surface area contributed by atoms with Gasteiger partial charge in [-0.15, -0.1) is 0 Å². The maximum Gasteiger partial charge on any atom is 0.235 e. The Morgan fingerprint density at radius 1 is 1.20 bits per heavy atom. The number of nitrogens with zero attached hydrogens (tertiary/aromatic N) is 1. The Morgan fingerprint density at radius 2 is 1.85 bits per heavy atom. The van der Waals surface area contributed by atoms with Crippen LogP contribution in [0.3, 0.4) is 0 Å². The molecule has 0 unspecified atom stereocenters. The van der Waals surface area contributed by atoms with Crippen molar-refractivity contribution in [3.05, 3.63) is 57.7 Å². The second-order valence-corrected chi connectivity index (χ2v) is 6.30. The first-order valence-electron chi connectivity index (χ1n) is 6.08. The lowest BCUT2D eigenvalue weighted by Crippen LogP contribution is -2.34. The van der Waals surface area contributed by atoms with Crippen LogP contribution in [0.2, 0.25) is 5.02 Å². The van der Waals surface area contributed by atoms with Gasteiger partial charge in [-0.3, -0.25) is 4.79 Å². The van der Waals surface area contributed by atoms with Crippen molar-refractivity contribution in [3.8, 4) is 0 Å². The molecule has 0 radical (unpaired) electrons. The highest BCUT2D eigenvalue weighted by Gasteiger charge is 2.29. The molecule has 0 bridgehead atoms. The van der Waals surface area contributed by atoms with Gasteiger partial charge in [0.15, 0.2) is 0 Å². The number of hydrogen-bond acceptors (Lipinski definition) is 2. The van der Waals surface area contributed by atoms with Gasteiger partial charge in [0.2, 0.25) is 5.91 Å². The van der Waals surface area contributed by atoms with Gasteiger partial charge < -0.3 is 5.32 Å². The van der Waals surface area contributed by atoms with Gasteiger partial charge in [-0.05, 0) is 43.7 Å². The van der Waals surface area contributed by atoms with E-state index in [2.05, 4.69) is 26.2 Å². The van der Waals surface area contributed by atoms with Crippen LogP contribution in [0.1, 0.15) is 19.4 Å². The molecule has 0 atom stereocenters. The third-order valence-electron chi connectivity index (χ3n) is 3.10. The second-order valence-electron chi connectivity index (χ2n) is 4.95. The summed E-state index contributed by atoms with van der Waals surface area (Å²) in [6.07, 6.45) is 1.50. The molecule has 1 amide bonds. The summed E-state index contributed by atoms with van der Waals surface area (Å²) in [5.41, 5.74) is 0.286. The van der Waals surface area contributed by atoms with Crippen molar-refractivity contribution in [2.24, 2.45) is 0 Å². The molecule has 2 rings (SSSR count). The minimum absolute atomic E-state index is 0.116. The Labute approximate surface area is 131 Å². The predicted octanol–water partition coefficient (Wildman–Crippen LogP) is 4.41. The first-order chi connectivity index (χ1) is 9.39. The molecular weight excluding hydrogens is 340 g/mol. The fourth-order valence-electron chi connectivity index (χ4n) is 1.72. The molecule has 1 N–H and O–H groups in total. The number of hydrogen-bond donors (Lipinski definition) is 1. The molecule has 0 aliphatic rings. The SMILES string of the molecule is CC(C)(C(=O)Nc1ccc(Cl)cn1)c1ccc(Br)cc1. The maximum absolute atomic E-state index is 12.4. The summed E-state index contributed by atoms with van der Waals surface area (Å²) in [4.78, 5) is 16.5. The molecular formula is C15H14BrClN2O. The van der Waals surface area contributed by atoms with Crippen molar-refractivity contribution in [1.82, 2.24) is 4.98 Å². The highest BCUT2D eigenvalue weighted by molar-refractivity contribution is 9.10. The number of halogens is 2. The van der Waals surface area contributed by atoms with Crippen LogP contribution in [0.4, 0.5) is 5.82 Å². The Hall–Kier alpha value is -1.39. The smallest absolute Gasteiger partial charge is 0.235 e. The van der Waals surface area contributed by atoms with Crippen LogP contribution >= 0.6 is 27.5 Å². The fraction of sp³-hybridized carbons (Fsp3) is 0.200. The summed E-state index contributed by atoms with van der Waals surface area (Å²) in [6.45, 7) is 3.75. The van der Waals surface area contributed by atoms with Crippen LogP contribution < -0.4 is 5.32 Å². The van der Waals surface area contributed by atoms with Crippen molar-refractivity contribution >= 4 is 39.3 Å². The van der Waals surface area contributed by atoms with Gasteiger partial charge in [0.05, 0.1) is 10.4 Å². The third kappa shape index (κ3) is 3.38. The number of carbonyl (C=O) groups is 1. The zero-order valence-corrected chi connectivity index (χ0v) is 13.5. The molecule has 20 heavy (non-hydrogen) atoms. The average molecular weight is 354 g/mol. The first-order valence-corrected chi connectivity index (χ1v) is 7.26. The van der Waals surface area contributed by atoms with E-state index in [9.17, 15) is 4.79 Å². The number of nitrogens with one attached hydrogen (secondary N) is 1. The highest BCUT2D eigenvalue weighted by Crippen LogP contribution is 2.26. The van der Waals surface area contributed by atoms with Crippen LogP contribution in [-0.2, 0) is 10.2 Å². The summed E-state index contributed by atoms with van der Waals surface area (Å²) in [6, 6.07) is 11.1. The topological polar surface area (TPSA) is 42.0 Å². The zero-order valence-electron chi connectivity index (χ0n) is 11.2.